The van der Waals surface area contributed by atoms with Crippen molar-refractivity contribution in [3.8, 4) is 0 Å². The third kappa shape index (κ3) is 2.83. The van der Waals surface area contributed by atoms with Crippen LogP contribution in [-0.4, -0.2) is 37.5 Å². The number of hydrogen-bond donors (Lipinski definition) is 1. The lowest BCUT2D eigenvalue weighted by Gasteiger charge is -2.44. The lowest BCUT2D eigenvalue weighted by Crippen LogP contribution is -2.51. The van der Waals surface area contributed by atoms with E-state index < -0.39 is 0 Å². The molecule has 3 nitrogen and oxygen atoms in total. The molecular formula is C14H25NO2. The molecule has 1 aliphatic carbocycles. The van der Waals surface area contributed by atoms with Gasteiger partial charge in [-0.25, -0.2) is 0 Å². The van der Waals surface area contributed by atoms with Crippen molar-refractivity contribution in [1.29, 1.82) is 0 Å². The Morgan fingerprint density at radius 1 is 0.882 bits per heavy atom. The SMILES string of the molecule is C1CCC(NC2CCOC3(CCOCC3)C2)C1. The van der Waals surface area contributed by atoms with E-state index in [1.807, 2.05) is 0 Å². The quantitative estimate of drug-likeness (QED) is 0.801. The molecule has 98 valence electrons. The summed E-state index contributed by atoms with van der Waals surface area (Å²) in [5, 5.41) is 3.87. The highest BCUT2D eigenvalue weighted by molar-refractivity contribution is 4.93. The van der Waals surface area contributed by atoms with Crippen LogP contribution < -0.4 is 5.32 Å². The van der Waals surface area contributed by atoms with Gasteiger partial charge >= 0.3 is 0 Å². The summed E-state index contributed by atoms with van der Waals surface area (Å²) in [5.74, 6) is 0. The fraction of sp³-hybridized carbons (Fsp3) is 1.00. The van der Waals surface area contributed by atoms with Crippen molar-refractivity contribution in [2.45, 2.75) is 69.1 Å². The highest BCUT2D eigenvalue weighted by Gasteiger charge is 2.39. The molecule has 3 rings (SSSR count). The van der Waals surface area contributed by atoms with Crippen molar-refractivity contribution in [2.24, 2.45) is 0 Å². The topological polar surface area (TPSA) is 30.5 Å². The average molecular weight is 239 g/mol. The zero-order valence-electron chi connectivity index (χ0n) is 10.7. The predicted molar refractivity (Wildman–Crippen MR) is 67.1 cm³/mol. The molecule has 17 heavy (non-hydrogen) atoms. The molecule has 1 spiro atoms. The zero-order valence-corrected chi connectivity index (χ0v) is 10.7. The van der Waals surface area contributed by atoms with Crippen LogP contribution in [0.4, 0.5) is 0 Å². The molecule has 0 radical (unpaired) electrons. The standard InChI is InChI=1S/C14H25NO2/c1-2-4-12(3-1)15-13-5-8-17-14(11-13)6-9-16-10-7-14/h12-13,15H,1-11H2. The molecule has 0 aromatic heterocycles. The highest BCUT2D eigenvalue weighted by atomic mass is 16.5. The van der Waals surface area contributed by atoms with Crippen LogP contribution in [-0.2, 0) is 9.47 Å². The van der Waals surface area contributed by atoms with E-state index in [9.17, 15) is 0 Å². The van der Waals surface area contributed by atoms with Gasteiger partial charge < -0.3 is 14.8 Å². The van der Waals surface area contributed by atoms with E-state index >= 15 is 0 Å². The molecule has 0 bridgehead atoms. The minimum absolute atomic E-state index is 0.146. The van der Waals surface area contributed by atoms with Gasteiger partial charge in [0.25, 0.3) is 0 Å². The first-order chi connectivity index (χ1) is 8.36. The summed E-state index contributed by atoms with van der Waals surface area (Å²) in [6.45, 7) is 2.71. The van der Waals surface area contributed by atoms with E-state index in [0.29, 0.717) is 6.04 Å². The van der Waals surface area contributed by atoms with Crippen molar-refractivity contribution in [2.75, 3.05) is 19.8 Å². The van der Waals surface area contributed by atoms with Gasteiger partial charge in [-0.1, -0.05) is 12.8 Å². The van der Waals surface area contributed by atoms with Gasteiger partial charge in [-0.05, 0) is 38.5 Å². The summed E-state index contributed by atoms with van der Waals surface area (Å²) in [6, 6.07) is 1.47. The number of rotatable bonds is 2. The summed E-state index contributed by atoms with van der Waals surface area (Å²) < 4.78 is 11.5. The van der Waals surface area contributed by atoms with Crippen LogP contribution in [0.1, 0.15) is 51.4 Å². The Balaban J connectivity index is 1.55. The number of hydrogen-bond acceptors (Lipinski definition) is 3. The van der Waals surface area contributed by atoms with Gasteiger partial charge in [0, 0.05) is 31.9 Å². The van der Waals surface area contributed by atoms with Crippen molar-refractivity contribution in [1.82, 2.24) is 5.32 Å². The van der Waals surface area contributed by atoms with Crippen LogP contribution in [0.3, 0.4) is 0 Å². The van der Waals surface area contributed by atoms with Crippen molar-refractivity contribution < 1.29 is 9.47 Å². The number of ether oxygens (including phenoxy) is 2. The Morgan fingerprint density at radius 2 is 1.65 bits per heavy atom. The summed E-state index contributed by atoms with van der Waals surface area (Å²) in [7, 11) is 0. The van der Waals surface area contributed by atoms with Crippen molar-refractivity contribution in [3.63, 3.8) is 0 Å². The molecule has 3 heteroatoms. The average Bonchev–Trinajstić information content (AvgIpc) is 2.83. The van der Waals surface area contributed by atoms with Gasteiger partial charge in [0.15, 0.2) is 0 Å². The van der Waals surface area contributed by atoms with Gasteiger partial charge in [-0.2, -0.15) is 0 Å². The summed E-state index contributed by atoms with van der Waals surface area (Å²) in [5.41, 5.74) is 0.146. The summed E-state index contributed by atoms with van der Waals surface area (Å²) in [6.07, 6.45) is 10.2. The van der Waals surface area contributed by atoms with Crippen LogP contribution in [0.15, 0.2) is 0 Å². The second-order valence-electron chi connectivity index (χ2n) is 5.98. The highest BCUT2D eigenvalue weighted by Crippen LogP contribution is 2.34. The van der Waals surface area contributed by atoms with Gasteiger partial charge in [0.1, 0.15) is 0 Å². The Morgan fingerprint density at radius 3 is 2.41 bits per heavy atom. The minimum Gasteiger partial charge on any atom is -0.381 e. The van der Waals surface area contributed by atoms with Crippen LogP contribution in [0.5, 0.6) is 0 Å². The monoisotopic (exact) mass is 239 g/mol. The molecule has 2 aliphatic heterocycles. The molecule has 3 aliphatic rings. The second-order valence-corrected chi connectivity index (χ2v) is 5.98. The third-order valence-corrected chi connectivity index (χ3v) is 4.72. The van der Waals surface area contributed by atoms with Crippen molar-refractivity contribution in [3.05, 3.63) is 0 Å². The first-order valence-electron chi connectivity index (χ1n) is 7.34. The minimum atomic E-state index is 0.146. The lowest BCUT2D eigenvalue weighted by atomic mass is 9.84. The molecule has 0 amide bonds. The van der Waals surface area contributed by atoms with Crippen LogP contribution in [0.25, 0.3) is 0 Å². The normalized spacial score (nSPS) is 34.2. The molecule has 2 saturated heterocycles. The van der Waals surface area contributed by atoms with E-state index in [1.54, 1.807) is 0 Å². The van der Waals surface area contributed by atoms with Crippen LogP contribution >= 0.6 is 0 Å². The largest absolute Gasteiger partial charge is 0.381 e. The van der Waals surface area contributed by atoms with Crippen molar-refractivity contribution >= 4 is 0 Å². The van der Waals surface area contributed by atoms with E-state index in [1.165, 1.54) is 38.5 Å². The van der Waals surface area contributed by atoms with Crippen LogP contribution in [0.2, 0.25) is 0 Å². The van der Waals surface area contributed by atoms with Gasteiger partial charge in [0.2, 0.25) is 0 Å². The Bertz CT molecular complexity index is 239. The van der Waals surface area contributed by atoms with Gasteiger partial charge in [-0.3, -0.25) is 0 Å². The molecule has 2 heterocycles. The maximum absolute atomic E-state index is 6.08. The molecule has 1 unspecified atom stereocenters. The van der Waals surface area contributed by atoms with E-state index in [-0.39, 0.29) is 5.60 Å². The molecule has 1 N–H and O–H groups in total. The maximum atomic E-state index is 6.08. The van der Waals surface area contributed by atoms with E-state index in [0.717, 1.165) is 38.7 Å². The van der Waals surface area contributed by atoms with Crippen LogP contribution in [0, 0.1) is 0 Å². The van der Waals surface area contributed by atoms with Gasteiger partial charge in [0.05, 0.1) is 5.60 Å². The van der Waals surface area contributed by atoms with E-state index in [4.69, 9.17) is 9.47 Å². The molecule has 1 saturated carbocycles. The van der Waals surface area contributed by atoms with E-state index in [2.05, 4.69) is 5.32 Å². The fourth-order valence-electron chi connectivity index (χ4n) is 3.69. The fourth-order valence-corrected chi connectivity index (χ4v) is 3.69. The lowest BCUT2D eigenvalue weighted by molar-refractivity contribution is -0.140. The molecular weight excluding hydrogens is 214 g/mol. The predicted octanol–water partition coefficient (Wildman–Crippen LogP) is 2.25. The first-order valence-corrected chi connectivity index (χ1v) is 7.34. The zero-order chi connectivity index (χ0) is 11.6. The Labute approximate surface area is 104 Å². The Hall–Kier alpha value is -0.120. The summed E-state index contributed by atoms with van der Waals surface area (Å²) in [4.78, 5) is 0. The molecule has 0 aromatic carbocycles. The van der Waals surface area contributed by atoms with Gasteiger partial charge in [-0.15, -0.1) is 0 Å². The smallest absolute Gasteiger partial charge is 0.0741 e. The maximum Gasteiger partial charge on any atom is 0.0741 e. The molecule has 0 aromatic rings. The third-order valence-electron chi connectivity index (χ3n) is 4.72. The molecule has 1 atom stereocenters. The number of nitrogens with one attached hydrogen (secondary N) is 1. The Kier molecular flexibility index (Phi) is 3.69. The second kappa shape index (κ2) is 5.25. The molecule has 3 fully saturated rings. The summed E-state index contributed by atoms with van der Waals surface area (Å²) >= 11 is 0. The first kappa shape index (κ1) is 11.9.